The van der Waals surface area contributed by atoms with E-state index in [-0.39, 0.29) is 24.0 Å². The minimum atomic E-state index is -4.80. The molecule has 1 rings (SSSR count). The number of benzene rings is 1. The second-order valence-electron chi connectivity index (χ2n) is 5.09. The topological polar surface area (TPSA) is 75.6 Å². The van der Waals surface area contributed by atoms with E-state index in [2.05, 4.69) is 10.1 Å². The molecule has 0 aliphatic rings. The molecule has 0 saturated heterocycles. The third-order valence-corrected chi connectivity index (χ3v) is 4.08. The number of hydrogen-bond acceptors (Lipinski definition) is 4. The summed E-state index contributed by atoms with van der Waals surface area (Å²) in [6.45, 7) is 1.86. The monoisotopic (exact) mass is 365 g/mol. The van der Waals surface area contributed by atoms with Crippen LogP contribution < -0.4 is 10.1 Å². The Morgan fingerprint density at radius 2 is 1.83 bits per heavy atom. The summed E-state index contributed by atoms with van der Waals surface area (Å²) in [5, 5.41) is 11.6. The van der Waals surface area contributed by atoms with E-state index in [9.17, 15) is 22.8 Å². The largest absolute Gasteiger partial charge is 0.573 e. The molecule has 134 valence electrons. The van der Waals surface area contributed by atoms with Crippen LogP contribution in [-0.4, -0.2) is 34.9 Å². The van der Waals surface area contributed by atoms with E-state index in [1.807, 2.05) is 13.2 Å². The Kier molecular flexibility index (Phi) is 7.40. The number of alkyl halides is 3. The fourth-order valence-electron chi connectivity index (χ4n) is 1.93. The molecular weight excluding hydrogens is 347 g/mol. The summed E-state index contributed by atoms with van der Waals surface area (Å²) in [6.07, 6.45) is -3.11. The van der Waals surface area contributed by atoms with E-state index in [4.69, 9.17) is 5.11 Å². The zero-order valence-corrected chi connectivity index (χ0v) is 13.9. The lowest BCUT2D eigenvalue weighted by Gasteiger charge is -2.19. The van der Waals surface area contributed by atoms with Crippen LogP contribution in [0.15, 0.2) is 24.3 Å². The maximum Gasteiger partial charge on any atom is 0.573 e. The number of halogens is 3. The van der Waals surface area contributed by atoms with Gasteiger partial charge < -0.3 is 15.2 Å². The van der Waals surface area contributed by atoms with Crippen molar-refractivity contribution in [2.45, 2.75) is 37.4 Å². The molecule has 0 aliphatic heterocycles. The first kappa shape index (κ1) is 20.1. The molecule has 1 aromatic rings. The van der Waals surface area contributed by atoms with Crippen LogP contribution in [0.5, 0.6) is 5.75 Å². The zero-order valence-electron chi connectivity index (χ0n) is 13.1. The van der Waals surface area contributed by atoms with Gasteiger partial charge in [-0.3, -0.25) is 9.59 Å². The van der Waals surface area contributed by atoms with Gasteiger partial charge in [0.05, 0.1) is 12.5 Å². The lowest BCUT2D eigenvalue weighted by molar-refractivity contribution is -0.274. The van der Waals surface area contributed by atoms with Gasteiger partial charge in [-0.1, -0.05) is 19.1 Å². The predicted molar refractivity (Wildman–Crippen MR) is 83.9 cm³/mol. The number of carboxylic acid groups (broad SMARTS) is 1. The molecule has 1 aromatic carbocycles. The number of aliphatic carboxylic acids is 1. The van der Waals surface area contributed by atoms with Gasteiger partial charge in [0, 0.05) is 11.7 Å². The fourth-order valence-corrected chi connectivity index (χ4v) is 2.24. The quantitative estimate of drug-likeness (QED) is 0.739. The lowest BCUT2D eigenvalue weighted by atomic mass is 10.0. The molecule has 2 atom stereocenters. The minimum absolute atomic E-state index is 0.0676. The highest BCUT2D eigenvalue weighted by Crippen LogP contribution is 2.25. The Balaban J connectivity index is 2.84. The van der Waals surface area contributed by atoms with Gasteiger partial charge in [-0.25, -0.2) is 0 Å². The number of rotatable bonds is 8. The van der Waals surface area contributed by atoms with Crippen molar-refractivity contribution in [3.8, 4) is 5.75 Å². The van der Waals surface area contributed by atoms with Crippen molar-refractivity contribution >= 4 is 23.6 Å². The van der Waals surface area contributed by atoms with Crippen molar-refractivity contribution in [1.29, 1.82) is 0 Å². The van der Waals surface area contributed by atoms with Crippen LogP contribution in [0.25, 0.3) is 0 Å². The number of nitrogens with one attached hydrogen (secondary N) is 1. The molecule has 0 spiro atoms. The average Bonchev–Trinajstić information content (AvgIpc) is 2.45. The summed E-state index contributed by atoms with van der Waals surface area (Å²) < 4.78 is 40.2. The Morgan fingerprint density at radius 3 is 2.29 bits per heavy atom. The third kappa shape index (κ3) is 7.58. The lowest BCUT2D eigenvalue weighted by Crippen LogP contribution is -2.31. The van der Waals surface area contributed by atoms with Gasteiger partial charge in [-0.05, 0) is 24.0 Å². The molecule has 9 heteroatoms. The summed E-state index contributed by atoms with van der Waals surface area (Å²) in [6, 6.07) is 3.92. The van der Waals surface area contributed by atoms with Crippen LogP contribution in [-0.2, 0) is 9.59 Å². The molecular formula is C15H18F3NO4S. The van der Waals surface area contributed by atoms with Crippen molar-refractivity contribution < 1.29 is 32.6 Å². The second kappa shape index (κ2) is 8.81. The Morgan fingerprint density at radius 1 is 1.25 bits per heavy atom. The first-order chi connectivity index (χ1) is 11.1. The van der Waals surface area contributed by atoms with E-state index in [0.29, 0.717) is 5.56 Å². The molecule has 2 N–H and O–H groups in total. The maximum atomic E-state index is 12.1. The molecule has 0 aromatic heterocycles. The maximum absolute atomic E-state index is 12.1. The van der Waals surface area contributed by atoms with Gasteiger partial charge in [0.25, 0.3) is 0 Å². The summed E-state index contributed by atoms with van der Waals surface area (Å²) in [4.78, 5) is 22.9. The second-order valence-corrected chi connectivity index (χ2v) is 6.36. The number of thioether (sulfide) groups is 1. The predicted octanol–water partition coefficient (Wildman–Crippen LogP) is 3.36. The third-order valence-electron chi connectivity index (χ3n) is 3.11. The number of carboxylic acids is 1. The fraction of sp³-hybridized carbons (Fsp3) is 0.467. The standard InChI is InChI=1S/C15H18F3NO4S/c1-9(24-2)7-13(20)19-12(8-14(21)22)10-3-5-11(6-4-10)23-15(16,17)18/h3-6,9,12H,7-8H2,1-2H3,(H,19,20)(H,21,22). The number of ether oxygens (including phenoxy) is 1. The smallest absolute Gasteiger partial charge is 0.481 e. The Bertz CT molecular complexity index is 563. The van der Waals surface area contributed by atoms with Crippen LogP contribution in [0.3, 0.4) is 0 Å². The number of amides is 1. The molecule has 24 heavy (non-hydrogen) atoms. The molecule has 0 saturated carbocycles. The van der Waals surface area contributed by atoms with Crippen molar-refractivity contribution in [2.75, 3.05) is 6.26 Å². The normalized spacial score (nSPS) is 13.9. The van der Waals surface area contributed by atoms with Crippen LogP contribution in [0, 0.1) is 0 Å². The van der Waals surface area contributed by atoms with Crippen LogP contribution in [0.4, 0.5) is 13.2 Å². The minimum Gasteiger partial charge on any atom is -0.481 e. The van der Waals surface area contributed by atoms with Gasteiger partial charge in [-0.2, -0.15) is 11.8 Å². The summed E-state index contributed by atoms with van der Waals surface area (Å²) in [5.41, 5.74) is 0.386. The van der Waals surface area contributed by atoms with Crippen molar-refractivity contribution in [3.05, 3.63) is 29.8 Å². The van der Waals surface area contributed by atoms with Crippen LogP contribution in [0.1, 0.15) is 31.4 Å². The summed E-state index contributed by atoms with van der Waals surface area (Å²) in [7, 11) is 0. The van der Waals surface area contributed by atoms with Gasteiger partial charge >= 0.3 is 12.3 Å². The van der Waals surface area contributed by atoms with E-state index in [1.54, 1.807) is 0 Å². The van der Waals surface area contributed by atoms with Gasteiger partial charge in [0.1, 0.15) is 5.75 Å². The number of hydrogen-bond donors (Lipinski definition) is 2. The molecule has 0 aliphatic carbocycles. The van der Waals surface area contributed by atoms with E-state index in [1.165, 1.54) is 23.9 Å². The van der Waals surface area contributed by atoms with Gasteiger partial charge in [0.15, 0.2) is 0 Å². The molecule has 1 amide bonds. The molecule has 5 nitrogen and oxygen atoms in total. The molecule has 0 fully saturated rings. The zero-order chi connectivity index (χ0) is 18.3. The highest BCUT2D eigenvalue weighted by Gasteiger charge is 2.31. The van der Waals surface area contributed by atoms with Crippen molar-refractivity contribution in [1.82, 2.24) is 5.32 Å². The molecule has 2 unspecified atom stereocenters. The first-order valence-corrected chi connectivity index (χ1v) is 8.29. The number of carbonyl (C=O) groups excluding carboxylic acids is 1. The van der Waals surface area contributed by atoms with Crippen LogP contribution in [0.2, 0.25) is 0 Å². The van der Waals surface area contributed by atoms with E-state index in [0.717, 1.165) is 12.1 Å². The van der Waals surface area contributed by atoms with E-state index >= 15 is 0 Å². The van der Waals surface area contributed by atoms with E-state index < -0.39 is 24.1 Å². The van der Waals surface area contributed by atoms with Gasteiger partial charge in [0.2, 0.25) is 5.91 Å². The number of carbonyl (C=O) groups is 2. The van der Waals surface area contributed by atoms with Crippen molar-refractivity contribution in [2.24, 2.45) is 0 Å². The van der Waals surface area contributed by atoms with Crippen molar-refractivity contribution in [3.63, 3.8) is 0 Å². The molecule has 0 bridgehead atoms. The highest BCUT2D eigenvalue weighted by atomic mass is 32.2. The average molecular weight is 365 g/mol. The molecule has 0 heterocycles. The Labute approximate surface area is 141 Å². The molecule has 0 radical (unpaired) electrons. The van der Waals surface area contributed by atoms with Gasteiger partial charge in [-0.15, -0.1) is 13.2 Å². The summed E-state index contributed by atoms with van der Waals surface area (Å²) in [5.74, 6) is -1.87. The summed E-state index contributed by atoms with van der Waals surface area (Å²) >= 11 is 1.50. The Hall–Kier alpha value is -1.90. The van der Waals surface area contributed by atoms with Crippen LogP contribution >= 0.6 is 11.8 Å². The first-order valence-electron chi connectivity index (χ1n) is 7.00. The SMILES string of the molecule is CSC(C)CC(=O)NC(CC(=O)O)c1ccc(OC(F)(F)F)cc1. The highest BCUT2D eigenvalue weighted by molar-refractivity contribution is 7.99.